The highest BCUT2D eigenvalue weighted by Crippen LogP contribution is 2.30. The summed E-state index contributed by atoms with van der Waals surface area (Å²) in [5.74, 6) is 0.0519. The number of carbonyl (C=O) groups excluding carboxylic acids is 1. The summed E-state index contributed by atoms with van der Waals surface area (Å²) in [5, 5.41) is 1.15. The molecule has 3 aromatic heterocycles. The van der Waals surface area contributed by atoms with E-state index in [1.54, 1.807) is 17.5 Å². The summed E-state index contributed by atoms with van der Waals surface area (Å²) in [6, 6.07) is 7.93. The molecule has 0 radical (unpaired) electrons. The first kappa shape index (κ1) is 17.4. The first-order chi connectivity index (χ1) is 12.6. The average Bonchev–Trinajstić information content (AvgIpc) is 3.18. The predicted molar refractivity (Wildman–Crippen MR) is 104 cm³/mol. The molecule has 4 rings (SSSR count). The Balaban J connectivity index is 1.56. The van der Waals surface area contributed by atoms with Crippen LogP contribution in [0.15, 0.2) is 30.5 Å². The molecule has 0 saturated carbocycles. The largest absolute Gasteiger partial charge is 0.379 e. The molecule has 3 aromatic rings. The van der Waals surface area contributed by atoms with Gasteiger partial charge in [0.1, 0.15) is 4.83 Å². The van der Waals surface area contributed by atoms with E-state index in [1.807, 2.05) is 25.1 Å². The van der Waals surface area contributed by atoms with E-state index in [1.165, 1.54) is 10.5 Å². The van der Waals surface area contributed by atoms with E-state index in [4.69, 9.17) is 4.74 Å². The van der Waals surface area contributed by atoms with Gasteiger partial charge in [-0.15, -0.1) is 11.3 Å². The average molecular weight is 369 g/mol. The van der Waals surface area contributed by atoms with Crippen LogP contribution in [0.3, 0.4) is 0 Å². The van der Waals surface area contributed by atoms with Gasteiger partial charge in [-0.05, 0) is 38.1 Å². The zero-order chi connectivity index (χ0) is 18.1. The van der Waals surface area contributed by atoms with Gasteiger partial charge < -0.3 is 9.30 Å². The van der Waals surface area contributed by atoms with Gasteiger partial charge in [-0.3, -0.25) is 14.7 Å². The van der Waals surface area contributed by atoms with Crippen molar-refractivity contribution in [3.8, 4) is 0 Å². The smallest absolute Gasteiger partial charge is 0.204 e. The molecule has 1 aliphatic heterocycles. The number of rotatable bonds is 5. The number of aromatic nitrogens is 2. The highest BCUT2D eigenvalue weighted by Gasteiger charge is 2.17. The van der Waals surface area contributed by atoms with E-state index in [2.05, 4.69) is 27.4 Å². The second-order valence-electron chi connectivity index (χ2n) is 6.78. The van der Waals surface area contributed by atoms with Crippen molar-refractivity contribution in [2.75, 3.05) is 32.8 Å². The monoisotopic (exact) mass is 369 g/mol. The van der Waals surface area contributed by atoms with Crippen LogP contribution in [0.5, 0.6) is 0 Å². The molecular formula is C20H23N3O2S. The molecule has 26 heavy (non-hydrogen) atoms. The molecule has 0 aliphatic carbocycles. The minimum absolute atomic E-state index is 0.0519. The van der Waals surface area contributed by atoms with Crippen molar-refractivity contribution in [1.82, 2.24) is 14.5 Å². The summed E-state index contributed by atoms with van der Waals surface area (Å²) in [6.45, 7) is 9.65. The molecule has 1 saturated heterocycles. The van der Waals surface area contributed by atoms with Gasteiger partial charge in [0.05, 0.1) is 18.1 Å². The van der Waals surface area contributed by atoms with Gasteiger partial charge in [-0.1, -0.05) is 0 Å². The highest BCUT2D eigenvalue weighted by molar-refractivity contribution is 7.20. The third-order valence-corrected chi connectivity index (χ3v) is 6.09. The maximum absolute atomic E-state index is 12.8. The fraction of sp³-hybridized carbons (Fsp3) is 0.400. The Kier molecular flexibility index (Phi) is 4.89. The molecule has 4 heterocycles. The third-order valence-electron chi connectivity index (χ3n) is 4.92. The van der Waals surface area contributed by atoms with Crippen molar-refractivity contribution < 1.29 is 9.53 Å². The normalized spacial score (nSPS) is 15.6. The van der Waals surface area contributed by atoms with Crippen molar-refractivity contribution >= 4 is 27.3 Å². The van der Waals surface area contributed by atoms with Crippen LogP contribution in [0.2, 0.25) is 0 Å². The third kappa shape index (κ3) is 3.45. The van der Waals surface area contributed by atoms with Crippen molar-refractivity contribution in [1.29, 1.82) is 0 Å². The Labute approximate surface area is 157 Å². The topological polar surface area (TPSA) is 47.4 Å². The Morgan fingerprint density at radius 2 is 2.00 bits per heavy atom. The quantitative estimate of drug-likeness (QED) is 0.648. The van der Waals surface area contributed by atoms with E-state index in [-0.39, 0.29) is 5.78 Å². The van der Waals surface area contributed by atoms with E-state index in [0.29, 0.717) is 5.56 Å². The first-order valence-corrected chi connectivity index (χ1v) is 9.80. The Morgan fingerprint density at radius 1 is 1.19 bits per heavy atom. The molecule has 136 valence electrons. The number of nitrogens with zero attached hydrogens (tertiary/aromatic N) is 3. The van der Waals surface area contributed by atoms with Gasteiger partial charge >= 0.3 is 0 Å². The maximum atomic E-state index is 12.8. The molecule has 0 atom stereocenters. The van der Waals surface area contributed by atoms with Crippen molar-refractivity contribution in [2.24, 2.45) is 0 Å². The summed E-state index contributed by atoms with van der Waals surface area (Å²) >= 11 is 1.58. The lowest BCUT2D eigenvalue weighted by atomic mass is 10.1. The minimum Gasteiger partial charge on any atom is -0.379 e. The van der Waals surface area contributed by atoms with Crippen LogP contribution in [-0.2, 0) is 11.3 Å². The Bertz CT molecular complexity index is 921. The molecule has 0 aromatic carbocycles. The van der Waals surface area contributed by atoms with Gasteiger partial charge in [-0.2, -0.15) is 0 Å². The number of aryl methyl sites for hydroxylation is 2. The highest BCUT2D eigenvalue weighted by atomic mass is 32.1. The number of ketones is 1. The van der Waals surface area contributed by atoms with E-state index in [9.17, 15) is 4.79 Å². The zero-order valence-corrected chi connectivity index (χ0v) is 16.0. The number of ether oxygens (including phenoxy) is 1. The SMILES string of the molecule is Cc1ccc(C(=O)c2cc3cc(C)n(CCN4CCOCC4)c3s2)cn1. The molecular weight excluding hydrogens is 346 g/mol. The fourth-order valence-electron chi connectivity index (χ4n) is 3.37. The summed E-state index contributed by atoms with van der Waals surface area (Å²) in [6.07, 6.45) is 1.67. The van der Waals surface area contributed by atoms with Gasteiger partial charge in [0, 0.05) is 54.7 Å². The lowest BCUT2D eigenvalue weighted by Gasteiger charge is -2.26. The van der Waals surface area contributed by atoms with Crippen LogP contribution in [0.25, 0.3) is 10.2 Å². The molecule has 5 nitrogen and oxygen atoms in total. The summed E-state index contributed by atoms with van der Waals surface area (Å²) in [5.41, 5.74) is 2.81. The van der Waals surface area contributed by atoms with Gasteiger partial charge in [0.2, 0.25) is 5.78 Å². The number of carbonyl (C=O) groups is 1. The summed E-state index contributed by atoms with van der Waals surface area (Å²) < 4.78 is 7.75. The lowest BCUT2D eigenvalue weighted by Crippen LogP contribution is -2.38. The number of fused-ring (bicyclic) bond motifs is 1. The molecule has 0 unspecified atom stereocenters. The molecule has 0 spiro atoms. The Hall–Kier alpha value is -2.02. The van der Waals surface area contributed by atoms with E-state index in [0.717, 1.165) is 55.4 Å². The number of hydrogen-bond donors (Lipinski definition) is 0. The molecule has 1 aliphatic rings. The number of hydrogen-bond acceptors (Lipinski definition) is 5. The zero-order valence-electron chi connectivity index (χ0n) is 15.2. The van der Waals surface area contributed by atoms with Crippen molar-refractivity contribution in [3.05, 3.63) is 52.3 Å². The second kappa shape index (κ2) is 7.31. The lowest BCUT2D eigenvalue weighted by molar-refractivity contribution is 0.0365. The summed E-state index contributed by atoms with van der Waals surface area (Å²) in [7, 11) is 0. The molecule has 0 amide bonds. The summed E-state index contributed by atoms with van der Waals surface area (Å²) in [4.78, 5) is 21.4. The van der Waals surface area contributed by atoms with Crippen LogP contribution in [0.4, 0.5) is 0 Å². The van der Waals surface area contributed by atoms with Crippen LogP contribution in [0, 0.1) is 13.8 Å². The van der Waals surface area contributed by atoms with Crippen LogP contribution in [0.1, 0.15) is 26.6 Å². The molecule has 0 N–H and O–H groups in total. The number of morpholine rings is 1. The molecule has 0 bridgehead atoms. The van der Waals surface area contributed by atoms with Crippen molar-refractivity contribution in [3.63, 3.8) is 0 Å². The van der Waals surface area contributed by atoms with Crippen LogP contribution >= 0.6 is 11.3 Å². The minimum atomic E-state index is 0.0519. The maximum Gasteiger partial charge on any atom is 0.204 e. The van der Waals surface area contributed by atoms with Gasteiger partial charge in [0.25, 0.3) is 0 Å². The number of thiophene rings is 1. The van der Waals surface area contributed by atoms with Gasteiger partial charge in [-0.25, -0.2) is 0 Å². The van der Waals surface area contributed by atoms with Crippen molar-refractivity contribution in [2.45, 2.75) is 20.4 Å². The fourth-order valence-corrected chi connectivity index (χ4v) is 4.56. The number of pyridine rings is 1. The first-order valence-electron chi connectivity index (χ1n) is 8.99. The molecule has 6 heteroatoms. The van der Waals surface area contributed by atoms with Gasteiger partial charge in [0.15, 0.2) is 0 Å². The standard InChI is InChI=1S/C20H23N3O2S/c1-14-3-4-16(13-21-14)19(24)18-12-17-11-15(2)23(20(17)26-18)6-5-22-7-9-25-10-8-22/h3-4,11-13H,5-10H2,1-2H3. The van der Waals surface area contributed by atoms with Crippen LogP contribution < -0.4 is 0 Å². The van der Waals surface area contributed by atoms with E-state index < -0.39 is 0 Å². The Morgan fingerprint density at radius 3 is 2.73 bits per heavy atom. The second-order valence-corrected chi connectivity index (χ2v) is 7.81. The predicted octanol–water partition coefficient (Wildman–Crippen LogP) is 3.28. The van der Waals surface area contributed by atoms with E-state index >= 15 is 0 Å². The molecule has 1 fully saturated rings. The van der Waals surface area contributed by atoms with Crippen LogP contribution in [-0.4, -0.2) is 53.1 Å².